The van der Waals surface area contributed by atoms with Gasteiger partial charge in [0.2, 0.25) is 0 Å². The molecule has 1 aromatic rings. The molecule has 2 heteroatoms. The van der Waals surface area contributed by atoms with Gasteiger partial charge in [0.15, 0.2) is 0 Å². The Morgan fingerprint density at radius 1 is 1.20 bits per heavy atom. The van der Waals surface area contributed by atoms with Gasteiger partial charge in [0, 0.05) is 11.4 Å². The zero-order chi connectivity index (χ0) is 14.3. The average Bonchev–Trinajstić information content (AvgIpc) is 2.39. The maximum Gasteiger partial charge on any atom is 0.101 e. The van der Waals surface area contributed by atoms with E-state index in [1.807, 2.05) is 0 Å². The first kappa shape index (κ1) is 13.2. The fraction of sp³-hybridized carbons (Fsp3) is 0.333. The highest BCUT2D eigenvalue weighted by atomic mass is 15.2. The van der Waals surface area contributed by atoms with Crippen molar-refractivity contribution < 1.29 is 0 Å². The molecule has 3 rings (SSSR count). The van der Waals surface area contributed by atoms with Crippen LogP contribution in [0.2, 0.25) is 0 Å². The van der Waals surface area contributed by atoms with E-state index in [9.17, 15) is 0 Å². The lowest BCUT2D eigenvalue weighted by Gasteiger charge is -2.40. The number of nitrogens with zero attached hydrogens (tertiary/aromatic N) is 1. The van der Waals surface area contributed by atoms with E-state index in [0.29, 0.717) is 0 Å². The number of aryl methyl sites for hydroxylation is 1. The summed E-state index contributed by atoms with van der Waals surface area (Å²) in [6, 6.07) is 8.45. The Morgan fingerprint density at radius 3 is 2.70 bits per heavy atom. The van der Waals surface area contributed by atoms with Crippen molar-refractivity contribution in [1.82, 2.24) is 0 Å². The predicted molar refractivity (Wildman–Crippen MR) is 85.3 cm³/mol. The molecule has 0 fully saturated rings. The van der Waals surface area contributed by atoms with Crippen molar-refractivity contribution in [2.75, 3.05) is 4.90 Å². The Hall–Kier alpha value is -1.80. The van der Waals surface area contributed by atoms with Crippen molar-refractivity contribution >= 4 is 5.69 Å². The lowest BCUT2D eigenvalue weighted by molar-refractivity contribution is 0.455. The van der Waals surface area contributed by atoms with E-state index in [1.54, 1.807) is 0 Å². The quantitative estimate of drug-likeness (QED) is 0.835. The molecule has 0 radical (unpaired) electrons. The zero-order valence-corrected chi connectivity index (χ0v) is 12.4. The molecule has 1 heterocycles. The van der Waals surface area contributed by atoms with Crippen molar-refractivity contribution in [3.63, 3.8) is 0 Å². The number of anilines is 1. The summed E-state index contributed by atoms with van der Waals surface area (Å²) >= 11 is 0. The molecule has 1 unspecified atom stereocenters. The van der Waals surface area contributed by atoms with Gasteiger partial charge >= 0.3 is 0 Å². The molecule has 2 aliphatic rings. The van der Waals surface area contributed by atoms with Crippen LogP contribution in [0.1, 0.15) is 25.8 Å². The normalized spacial score (nSPS) is 24.0. The molecule has 1 aromatic carbocycles. The number of allylic oxidation sites excluding steroid dienone is 5. The first-order valence-electron chi connectivity index (χ1n) is 7.19. The Kier molecular flexibility index (Phi) is 3.06. The third-order valence-electron chi connectivity index (χ3n) is 4.11. The summed E-state index contributed by atoms with van der Waals surface area (Å²) in [4.78, 5) is 2.29. The van der Waals surface area contributed by atoms with Gasteiger partial charge in [0.05, 0.1) is 0 Å². The molecule has 2 N–H and O–H groups in total. The Bertz CT molecular complexity index is 620. The second kappa shape index (κ2) is 4.64. The highest BCUT2D eigenvalue weighted by molar-refractivity contribution is 5.64. The van der Waals surface area contributed by atoms with Crippen molar-refractivity contribution in [3.05, 3.63) is 65.4 Å². The minimum atomic E-state index is -0.0860. The van der Waals surface area contributed by atoms with Gasteiger partial charge in [0.25, 0.3) is 0 Å². The molecule has 0 amide bonds. The minimum Gasteiger partial charge on any atom is -0.325 e. The molecule has 0 saturated carbocycles. The molecule has 0 spiro atoms. The van der Waals surface area contributed by atoms with Crippen LogP contribution in [-0.2, 0) is 0 Å². The smallest absolute Gasteiger partial charge is 0.101 e. The highest BCUT2D eigenvalue weighted by Crippen LogP contribution is 2.40. The highest BCUT2D eigenvalue weighted by Gasteiger charge is 2.30. The molecular weight excluding hydrogens is 244 g/mol. The fourth-order valence-electron chi connectivity index (χ4n) is 2.99. The molecule has 0 saturated heterocycles. The van der Waals surface area contributed by atoms with Gasteiger partial charge in [0.1, 0.15) is 6.17 Å². The second-order valence-corrected chi connectivity index (χ2v) is 6.41. The van der Waals surface area contributed by atoms with Gasteiger partial charge in [-0.15, -0.1) is 0 Å². The van der Waals surface area contributed by atoms with Gasteiger partial charge in [-0.05, 0) is 42.0 Å². The number of para-hydroxylation sites is 1. The van der Waals surface area contributed by atoms with Crippen LogP contribution >= 0.6 is 0 Å². The standard InChI is InChI=1S/C18H22N2/c1-13-6-4-5-7-15(13)20-16-12-18(2,3)11-10-14(16)8-9-17(20)19/h4-11,17H,12,19H2,1-3H3. The number of nitrogens with two attached hydrogens (primary N) is 1. The molecule has 1 aliphatic heterocycles. The minimum absolute atomic E-state index is 0.0860. The van der Waals surface area contributed by atoms with Crippen LogP contribution in [0.5, 0.6) is 0 Å². The summed E-state index contributed by atoms with van der Waals surface area (Å²) in [5.74, 6) is 0. The molecule has 1 atom stereocenters. The number of hydrogen-bond donors (Lipinski definition) is 1. The Labute approximate surface area is 121 Å². The topological polar surface area (TPSA) is 29.3 Å². The average molecular weight is 266 g/mol. The van der Waals surface area contributed by atoms with E-state index >= 15 is 0 Å². The largest absolute Gasteiger partial charge is 0.325 e. The first-order valence-corrected chi connectivity index (χ1v) is 7.19. The molecule has 20 heavy (non-hydrogen) atoms. The third kappa shape index (κ3) is 2.20. The van der Waals surface area contributed by atoms with Crippen LogP contribution in [0.4, 0.5) is 5.69 Å². The van der Waals surface area contributed by atoms with E-state index in [0.717, 1.165) is 6.42 Å². The molecule has 0 aromatic heterocycles. The lowest BCUT2D eigenvalue weighted by atomic mass is 9.80. The molecular formula is C18H22N2. The van der Waals surface area contributed by atoms with Crippen LogP contribution in [-0.4, -0.2) is 6.17 Å². The maximum absolute atomic E-state index is 6.36. The molecule has 0 bridgehead atoms. The lowest BCUT2D eigenvalue weighted by Crippen LogP contribution is -2.44. The van der Waals surface area contributed by atoms with Crippen molar-refractivity contribution in [1.29, 1.82) is 0 Å². The van der Waals surface area contributed by atoms with Crippen LogP contribution in [0.3, 0.4) is 0 Å². The van der Waals surface area contributed by atoms with Crippen molar-refractivity contribution in [2.24, 2.45) is 11.1 Å². The van der Waals surface area contributed by atoms with Gasteiger partial charge in [-0.2, -0.15) is 0 Å². The molecule has 1 aliphatic carbocycles. The SMILES string of the molecule is Cc1ccccc1N1C2=C(C=CC1N)C=CC(C)(C)C2. The summed E-state index contributed by atoms with van der Waals surface area (Å²) in [7, 11) is 0. The van der Waals surface area contributed by atoms with Crippen LogP contribution in [0.25, 0.3) is 0 Å². The van der Waals surface area contributed by atoms with Crippen molar-refractivity contribution in [3.8, 4) is 0 Å². The van der Waals surface area contributed by atoms with E-state index in [-0.39, 0.29) is 11.6 Å². The molecule has 104 valence electrons. The van der Waals surface area contributed by atoms with Crippen LogP contribution in [0.15, 0.2) is 59.8 Å². The monoisotopic (exact) mass is 266 g/mol. The van der Waals surface area contributed by atoms with E-state index in [4.69, 9.17) is 5.73 Å². The fourth-order valence-corrected chi connectivity index (χ4v) is 2.99. The second-order valence-electron chi connectivity index (χ2n) is 6.41. The zero-order valence-electron chi connectivity index (χ0n) is 12.4. The van der Waals surface area contributed by atoms with E-state index in [2.05, 4.69) is 74.2 Å². The van der Waals surface area contributed by atoms with Gasteiger partial charge in [-0.3, -0.25) is 0 Å². The number of hydrogen-bond acceptors (Lipinski definition) is 2. The Morgan fingerprint density at radius 2 is 1.95 bits per heavy atom. The summed E-state index contributed by atoms with van der Waals surface area (Å²) in [6.07, 6.45) is 9.69. The predicted octanol–water partition coefficient (Wildman–Crippen LogP) is 3.90. The van der Waals surface area contributed by atoms with E-state index in [1.165, 1.54) is 22.5 Å². The summed E-state index contributed by atoms with van der Waals surface area (Å²) in [5.41, 5.74) is 11.6. The third-order valence-corrected chi connectivity index (χ3v) is 4.11. The molecule has 2 nitrogen and oxygen atoms in total. The van der Waals surface area contributed by atoms with Crippen LogP contribution in [0, 0.1) is 12.3 Å². The van der Waals surface area contributed by atoms with Gasteiger partial charge in [-0.25, -0.2) is 0 Å². The first-order chi connectivity index (χ1) is 9.48. The maximum atomic E-state index is 6.36. The summed E-state index contributed by atoms with van der Waals surface area (Å²) in [5, 5.41) is 0. The summed E-state index contributed by atoms with van der Waals surface area (Å²) < 4.78 is 0. The summed E-state index contributed by atoms with van der Waals surface area (Å²) in [6.45, 7) is 6.69. The van der Waals surface area contributed by atoms with Crippen molar-refractivity contribution in [2.45, 2.75) is 33.4 Å². The Balaban J connectivity index is 2.10. The van der Waals surface area contributed by atoms with Gasteiger partial charge < -0.3 is 10.6 Å². The van der Waals surface area contributed by atoms with E-state index < -0.39 is 0 Å². The number of benzene rings is 1. The van der Waals surface area contributed by atoms with Crippen LogP contribution < -0.4 is 10.6 Å². The van der Waals surface area contributed by atoms with Gasteiger partial charge in [-0.1, -0.05) is 50.3 Å². The number of rotatable bonds is 1.